The summed E-state index contributed by atoms with van der Waals surface area (Å²) in [6, 6.07) is -0.389. The number of carbonyl (C=O) groups is 2. The molecule has 96 valence electrons. The molecule has 1 atom stereocenters. The average Bonchev–Trinajstić information content (AvgIpc) is 2.97. The third-order valence-electron chi connectivity index (χ3n) is 3.23. The fraction of sp³-hybridized carbons (Fsp3) is 0.818. The number of hydrogen-bond donors (Lipinski definition) is 0. The molecule has 17 heavy (non-hydrogen) atoms. The highest BCUT2D eigenvalue weighted by Gasteiger charge is 2.35. The van der Waals surface area contributed by atoms with E-state index in [1.807, 2.05) is 0 Å². The standard InChI is InChI=1S/C11H18N2O3S/c1-16-11(15)9-7-17-8-13(9)10(14)6-12-4-2-3-5-12/h9H,2-8H2,1H3/t9-/m1/s1. The van der Waals surface area contributed by atoms with Crippen LogP contribution < -0.4 is 0 Å². The van der Waals surface area contributed by atoms with Crippen LogP contribution in [0.4, 0.5) is 0 Å². The molecule has 0 unspecified atom stereocenters. The second-order valence-electron chi connectivity index (χ2n) is 4.39. The van der Waals surface area contributed by atoms with Gasteiger partial charge in [0, 0.05) is 5.75 Å². The third kappa shape index (κ3) is 2.93. The first-order valence-electron chi connectivity index (χ1n) is 5.90. The molecule has 5 nitrogen and oxygen atoms in total. The van der Waals surface area contributed by atoms with Crippen LogP contribution in [-0.4, -0.2) is 66.1 Å². The predicted molar refractivity (Wildman–Crippen MR) is 65.6 cm³/mol. The zero-order chi connectivity index (χ0) is 12.3. The molecule has 2 heterocycles. The second-order valence-corrected chi connectivity index (χ2v) is 5.39. The summed E-state index contributed by atoms with van der Waals surface area (Å²) in [5.74, 6) is 1.00. The van der Waals surface area contributed by atoms with E-state index in [0.717, 1.165) is 13.1 Å². The van der Waals surface area contributed by atoms with E-state index in [1.54, 1.807) is 16.7 Å². The van der Waals surface area contributed by atoms with Crippen LogP contribution in [0.25, 0.3) is 0 Å². The molecule has 0 aromatic rings. The Labute approximate surface area is 105 Å². The first-order valence-corrected chi connectivity index (χ1v) is 7.05. The molecule has 0 saturated carbocycles. The number of hydrogen-bond acceptors (Lipinski definition) is 5. The number of esters is 1. The molecule has 0 aliphatic carbocycles. The minimum atomic E-state index is -0.389. The van der Waals surface area contributed by atoms with Gasteiger partial charge in [0.25, 0.3) is 0 Å². The summed E-state index contributed by atoms with van der Waals surface area (Å²) < 4.78 is 4.72. The van der Waals surface area contributed by atoms with Crippen molar-refractivity contribution >= 4 is 23.6 Å². The van der Waals surface area contributed by atoms with Crippen LogP contribution in [0.15, 0.2) is 0 Å². The molecule has 2 aliphatic heterocycles. The molecule has 2 rings (SSSR count). The monoisotopic (exact) mass is 258 g/mol. The van der Waals surface area contributed by atoms with Gasteiger partial charge in [-0.25, -0.2) is 4.79 Å². The van der Waals surface area contributed by atoms with Gasteiger partial charge in [0.2, 0.25) is 5.91 Å². The normalized spacial score (nSPS) is 25.2. The number of amides is 1. The van der Waals surface area contributed by atoms with Crippen molar-refractivity contribution in [2.45, 2.75) is 18.9 Å². The van der Waals surface area contributed by atoms with Crippen molar-refractivity contribution in [1.29, 1.82) is 0 Å². The smallest absolute Gasteiger partial charge is 0.329 e. The van der Waals surface area contributed by atoms with E-state index in [9.17, 15) is 9.59 Å². The van der Waals surface area contributed by atoms with Gasteiger partial charge in [-0.3, -0.25) is 9.69 Å². The number of ether oxygens (including phenoxy) is 1. The Bertz CT molecular complexity index is 305. The van der Waals surface area contributed by atoms with Crippen LogP contribution in [0.3, 0.4) is 0 Å². The first kappa shape index (κ1) is 12.7. The molecule has 0 N–H and O–H groups in total. The molecule has 0 bridgehead atoms. The zero-order valence-corrected chi connectivity index (χ0v) is 10.9. The van der Waals surface area contributed by atoms with Crippen LogP contribution in [0, 0.1) is 0 Å². The lowest BCUT2D eigenvalue weighted by molar-refractivity contribution is -0.150. The molecular weight excluding hydrogens is 240 g/mol. The highest BCUT2D eigenvalue weighted by Crippen LogP contribution is 2.22. The summed E-state index contributed by atoms with van der Waals surface area (Å²) >= 11 is 1.61. The number of methoxy groups -OCH3 is 1. The van der Waals surface area contributed by atoms with Gasteiger partial charge in [-0.05, 0) is 25.9 Å². The molecule has 2 fully saturated rings. The molecule has 1 amide bonds. The first-order chi connectivity index (χ1) is 8.22. The Kier molecular flexibility index (Phi) is 4.28. The Morgan fingerprint density at radius 1 is 1.35 bits per heavy atom. The summed E-state index contributed by atoms with van der Waals surface area (Å²) in [6.07, 6.45) is 2.34. The van der Waals surface area contributed by atoms with Crippen LogP contribution in [0.2, 0.25) is 0 Å². The Morgan fingerprint density at radius 2 is 2.06 bits per heavy atom. The SMILES string of the molecule is COC(=O)[C@H]1CSCN1C(=O)CN1CCCC1. The van der Waals surface area contributed by atoms with E-state index in [2.05, 4.69) is 4.90 Å². The van der Waals surface area contributed by atoms with Crippen molar-refractivity contribution in [2.24, 2.45) is 0 Å². The number of carbonyl (C=O) groups excluding carboxylic acids is 2. The quantitative estimate of drug-likeness (QED) is 0.675. The lowest BCUT2D eigenvalue weighted by Gasteiger charge is -2.24. The van der Waals surface area contributed by atoms with E-state index in [0.29, 0.717) is 18.2 Å². The van der Waals surface area contributed by atoms with Gasteiger partial charge in [-0.15, -0.1) is 11.8 Å². The van der Waals surface area contributed by atoms with Gasteiger partial charge in [0.15, 0.2) is 0 Å². The molecule has 2 saturated heterocycles. The molecule has 0 radical (unpaired) electrons. The van der Waals surface area contributed by atoms with Crippen LogP contribution in [0.5, 0.6) is 0 Å². The number of likely N-dealkylation sites (tertiary alicyclic amines) is 1. The number of thioether (sulfide) groups is 1. The molecule has 0 aromatic carbocycles. The summed E-state index contributed by atoms with van der Waals surface area (Å²) in [5, 5.41) is 0. The highest BCUT2D eigenvalue weighted by atomic mass is 32.2. The lowest BCUT2D eigenvalue weighted by Crippen LogP contribution is -2.46. The maximum absolute atomic E-state index is 12.1. The van der Waals surface area contributed by atoms with Gasteiger partial charge in [-0.1, -0.05) is 0 Å². The maximum Gasteiger partial charge on any atom is 0.329 e. The molecule has 2 aliphatic rings. The van der Waals surface area contributed by atoms with Crippen LogP contribution in [-0.2, 0) is 14.3 Å². The van der Waals surface area contributed by atoms with Gasteiger partial charge in [0.1, 0.15) is 6.04 Å². The average molecular weight is 258 g/mol. The summed E-state index contributed by atoms with van der Waals surface area (Å²) in [7, 11) is 1.37. The van der Waals surface area contributed by atoms with Gasteiger partial charge in [0.05, 0.1) is 19.5 Å². The van der Waals surface area contributed by atoms with Gasteiger partial charge in [-0.2, -0.15) is 0 Å². The molecule has 0 aromatic heterocycles. The van der Waals surface area contributed by atoms with E-state index in [-0.39, 0.29) is 17.9 Å². The third-order valence-corrected chi connectivity index (χ3v) is 4.25. The Balaban J connectivity index is 1.90. The van der Waals surface area contributed by atoms with Gasteiger partial charge < -0.3 is 9.64 Å². The van der Waals surface area contributed by atoms with Crippen molar-refractivity contribution in [2.75, 3.05) is 38.4 Å². The van der Waals surface area contributed by atoms with Crippen molar-refractivity contribution in [3.63, 3.8) is 0 Å². The number of rotatable bonds is 3. The minimum Gasteiger partial charge on any atom is -0.467 e. The van der Waals surface area contributed by atoms with Crippen LogP contribution >= 0.6 is 11.8 Å². The fourth-order valence-electron chi connectivity index (χ4n) is 2.24. The van der Waals surface area contributed by atoms with E-state index in [1.165, 1.54) is 20.0 Å². The van der Waals surface area contributed by atoms with E-state index < -0.39 is 0 Å². The largest absolute Gasteiger partial charge is 0.467 e. The fourth-order valence-corrected chi connectivity index (χ4v) is 3.41. The molecular formula is C11H18N2O3S. The lowest BCUT2D eigenvalue weighted by atomic mass is 10.3. The molecule has 6 heteroatoms. The van der Waals surface area contributed by atoms with Crippen molar-refractivity contribution in [3.8, 4) is 0 Å². The summed E-state index contributed by atoms with van der Waals surface area (Å²) in [5.41, 5.74) is 0. The Morgan fingerprint density at radius 3 is 2.71 bits per heavy atom. The minimum absolute atomic E-state index is 0.0484. The second kappa shape index (κ2) is 5.73. The molecule has 0 spiro atoms. The topological polar surface area (TPSA) is 49.9 Å². The van der Waals surface area contributed by atoms with Crippen molar-refractivity contribution in [1.82, 2.24) is 9.80 Å². The highest BCUT2D eigenvalue weighted by molar-refractivity contribution is 7.99. The maximum atomic E-state index is 12.1. The summed E-state index contributed by atoms with van der Waals surface area (Å²) in [6.45, 7) is 2.43. The zero-order valence-electron chi connectivity index (χ0n) is 10.1. The Hall–Kier alpha value is -0.750. The van der Waals surface area contributed by atoms with Gasteiger partial charge >= 0.3 is 5.97 Å². The van der Waals surface area contributed by atoms with Crippen molar-refractivity contribution in [3.05, 3.63) is 0 Å². The summed E-state index contributed by atoms with van der Waals surface area (Å²) in [4.78, 5) is 27.4. The van der Waals surface area contributed by atoms with E-state index >= 15 is 0 Å². The van der Waals surface area contributed by atoms with Crippen LogP contribution in [0.1, 0.15) is 12.8 Å². The predicted octanol–water partition coefficient (Wildman–Crippen LogP) is 0.157. The van der Waals surface area contributed by atoms with Crippen molar-refractivity contribution < 1.29 is 14.3 Å². The number of nitrogens with zero attached hydrogens (tertiary/aromatic N) is 2. The van der Waals surface area contributed by atoms with E-state index in [4.69, 9.17) is 4.74 Å².